The number of anilines is 2. The van der Waals surface area contributed by atoms with Crippen molar-refractivity contribution < 1.29 is 13.6 Å². The highest BCUT2D eigenvalue weighted by molar-refractivity contribution is 6.02. The van der Waals surface area contributed by atoms with Gasteiger partial charge in [-0.1, -0.05) is 0 Å². The summed E-state index contributed by atoms with van der Waals surface area (Å²) >= 11 is 0. The highest BCUT2D eigenvalue weighted by Gasteiger charge is 2.09. The Hall–Kier alpha value is -2.54. The number of hydrogen-bond acceptors (Lipinski definition) is 4. The Balaban J connectivity index is 1.95. The van der Waals surface area contributed by atoms with Gasteiger partial charge in [0.05, 0.1) is 11.9 Å². The standard InChI is InChI=1S/C16H18F2N4O/c1-22(2)8-7-19-12-4-6-15(20-10-12)16(23)21-11-3-5-13(17)14(18)9-11/h3-6,9-10,19H,7-8H2,1-2H3,(H,21,23). The van der Waals surface area contributed by atoms with Crippen LogP contribution in [0.2, 0.25) is 0 Å². The van der Waals surface area contributed by atoms with Crippen molar-refractivity contribution in [2.45, 2.75) is 0 Å². The highest BCUT2D eigenvalue weighted by atomic mass is 19.2. The van der Waals surface area contributed by atoms with Crippen LogP contribution in [-0.2, 0) is 0 Å². The summed E-state index contributed by atoms with van der Waals surface area (Å²) in [5.41, 5.74) is 1.16. The van der Waals surface area contributed by atoms with Gasteiger partial charge in [0.2, 0.25) is 0 Å². The molecular weight excluding hydrogens is 302 g/mol. The minimum Gasteiger partial charge on any atom is -0.383 e. The molecule has 122 valence electrons. The highest BCUT2D eigenvalue weighted by Crippen LogP contribution is 2.14. The van der Waals surface area contributed by atoms with E-state index < -0.39 is 17.5 Å². The second-order valence-corrected chi connectivity index (χ2v) is 5.25. The van der Waals surface area contributed by atoms with Crippen molar-refractivity contribution >= 4 is 17.3 Å². The molecule has 0 unspecified atom stereocenters. The van der Waals surface area contributed by atoms with E-state index in [1.807, 2.05) is 19.0 Å². The van der Waals surface area contributed by atoms with E-state index in [4.69, 9.17) is 0 Å². The summed E-state index contributed by atoms with van der Waals surface area (Å²) in [6.07, 6.45) is 1.55. The summed E-state index contributed by atoms with van der Waals surface area (Å²) in [5, 5.41) is 5.65. The van der Waals surface area contributed by atoms with Gasteiger partial charge in [-0.15, -0.1) is 0 Å². The lowest BCUT2D eigenvalue weighted by atomic mass is 10.2. The predicted octanol–water partition coefficient (Wildman–Crippen LogP) is 2.59. The van der Waals surface area contributed by atoms with Gasteiger partial charge in [0.1, 0.15) is 5.69 Å². The third kappa shape index (κ3) is 5.00. The van der Waals surface area contributed by atoms with Crippen LogP contribution in [0.1, 0.15) is 10.5 Å². The number of hydrogen-bond donors (Lipinski definition) is 2. The number of pyridine rings is 1. The van der Waals surface area contributed by atoms with Crippen molar-refractivity contribution in [1.29, 1.82) is 0 Å². The zero-order valence-electron chi connectivity index (χ0n) is 12.9. The molecule has 7 heteroatoms. The Morgan fingerprint density at radius 3 is 2.48 bits per heavy atom. The number of amides is 1. The van der Waals surface area contributed by atoms with Gasteiger partial charge in [-0.25, -0.2) is 13.8 Å². The van der Waals surface area contributed by atoms with Crippen LogP contribution in [0.25, 0.3) is 0 Å². The number of aromatic nitrogens is 1. The van der Waals surface area contributed by atoms with E-state index >= 15 is 0 Å². The molecule has 2 rings (SSSR count). The molecule has 0 aliphatic carbocycles. The first-order chi connectivity index (χ1) is 11.0. The van der Waals surface area contributed by atoms with E-state index in [9.17, 15) is 13.6 Å². The number of carbonyl (C=O) groups is 1. The van der Waals surface area contributed by atoms with Crippen LogP contribution in [0, 0.1) is 11.6 Å². The average molecular weight is 320 g/mol. The van der Waals surface area contributed by atoms with E-state index in [0.717, 1.165) is 30.9 Å². The molecule has 0 radical (unpaired) electrons. The van der Waals surface area contributed by atoms with E-state index in [1.165, 1.54) is 6.07 Å². The van der Waals surface area contributed by atoms with Gasteiger partial charge in [-0.05, 0) is 38.4 Å². The molecule has 0 atom stereocenters. The fourth-order valence-electron chi connectivity index (χ4n) is 1.83. The number of carbonyl (C=O) groups excluding carboxylic acids is 1. The summed E-state index contributed by atoms with van der Waals surface area (Å²) in [6, 6.07) is 6.46. The van der Waals surface area contributed by atoms with Crippen molar-refractivity contribution in [1.82, 2.24) is 9.88 Å². The molecule has 1 aromatic heterocycles. The topological polar surface area (TPSA) is 57.3 Å². The van der Waals surface area contributed by atoms with Gasteiger partial charge in [0, 0.05) is 24.8 Å². The maximum atomic E-state index is 13.1. The first-order valence-corrected chi connectivity index (χ1v) is 7.07. The Kier molecular flexibility index (Phi) is 5.59. The molecule has 5 nitrogen and oxygen atoms in total. The van der Waals surface area contributed by atoms with Gasteiger partial charge in [0.25, 0.3) is 5.91 Å². The molecule has 0 saturated carbocycles. The summed E-state index contributed by atoms with van der Waals surface area (Å²) in [6.45, 7) is 1.63. The van der Waals surface area contributed by atoms with Gasteiger partial charge in [-0.3, -0.25) is 4.79 Å². The maximum Gasteiger partial charge on any atom is 0.274 e. The van der Waals surface area contributed by atoms with E-state index in [0.29, 0.717) is 0 Å². The van der Waals surface area contributed by atoms with Crippen molar-refractivity contribution in [3.8, 4) is 0 Å². The third-order valence-electron chi connectivity index (χ3n) is 3.06. The SMILES string of the molecule is CN(C)CCNc1ccc(C(=O)Nc2ccc(F)c(F)c2)nc1. The number of nitrogens with zero attached hydrogens (tertiary/aromatic N) is 2. The smallest absolute Gasteiger partial charge is 0.274 e. The number of likely N-dealkylation sites (N-methyl/N-ethyl adjacent to an activating group) is 1. The van der Waals surface area contributed by atoms with Crippen LogP contribution >= 0.6 is 0 Å². The largest absolute Gasteiger partial charge is 0.383 e. The summed E-state index contributed by atoms with van der Waals surface area (Å²) in [7, 11) is 3.96. The summed E-state index contributed by atoms with van der Waals surface area (Å²) in [5.74, 6) is -2.47. The van der Waals surface area contributed by atoms with Gasteiger partial charge < -0.3 is 15.5 Å². The maximum absolute atomic E-state index is 13.1. The second kappa shape index (κ2) is 7.64. The van der Waals surface area contributed by atoms with Gasteiger partial charge >= 0.3 is 0 Å². The molecule has 23 heavy (non-hydrogen) atoms. The zero-order chi connectivity index (χ0) is 16.8. The third-order valence-corrected chi connectivity index (χ3v) is 3.06. The van der Waals surface area contributed by atoms with E-state index in [-0.39, 0.29) is 11.4 Å². The minimum atomic E-state index is -1.02. The lowest BCUT2D eigenvalue weighted by Gasteiger charge is -2.11. The zero-order valence-corrected chi connectivity index (χ0v) is 12.9. The van der Waals surface area contributed by atoms with Crippen molar-refractivity contribution in [3.05, 3.63) is 53.9 Å². The van der Waals surface area contributed by atoms with E-state index in [2.05, 4.69) is 15.6 Å². The number of benzene rings is 1. The molecule has 0 aliphatic heterocycles. The van der Waals surface area contributed by atoms with Crippen molar-refractivity contribution in [2.24, 2.45) is 0 Å². The number of rotatable bonds is 6. The van der Waals surface area contributed by atoms with Crippen LogP contribution in [0.4, 0.5) is 20.2 Å². The first-order valence-electron chi connectivity index (χ1n) is 7.07. The minimum absolute atomic E-state index is 0.170. The molecule has 2 N–H and O–H groups in total. The quantitative estimate of drug-likeness (QED) is 0.859. The summed E-state index contributed by atoms with van der Waals surface area (Å²) in [4.78, 5) is 18.1. The first kappa shape index (κ1) is 16.8. The molecule has 0 spiro atoms. The molecule has 0 aliphatic rings. The molecular formula is C16H18F2N4O. The molecule has 0 bridgehead atoms. The normalized spacial score (nSPS) is 10.7. The Labute approximate surface area is 133 Å². The fourth-order valence-corrected chi connectivity index (χ4v) is 1.83. The average Bonchev–Trinajstić information content (AvgIpc) is 2.51. The Morgan fingerprint density at radius 2 is 1.87 bits per heavy atom. The predicted molar refractivity (Wildman–Crippen MR) is 85.6 cm³/mol. The molecule has 0 fully saturated rings. The van der Waals surface area contributed by atoms with Crippen LogP contribution in [0.3, 0.4) is 0 Å². The van der Waals surface area contributed by atoms with Crippen LogP contribution in [0.5, 0.6) is 0 Å². The lowest BCUT2D eigenvalue weighted by Crippen LogP contribution is -2.21. The van der Waals surface area contributed by atoms with Crippen LogP contribution in [0.15, 0.2) is 36.5 Å². The monoisotopic (exact) mass is 320 g/mol. The number of nitrogens with one attached hydrogen (secondary N) is 2. The van der Waals surface area contributed by atoms with Crippen LogP contribution < -0.4 is 10.6 Å². The molecule has 1 aromatic carbocycles. The lowest BCUT2D eigenvalue weighted by molar-refractivity contribution is 0.102. The van der Waals surface area contributed by atoms with Gasteiger partial charge in [0.15, 0.2) is 11.6 Å². The second-order valence-electron chi connectivity index (χ2n) is 5.25. The molecule has 0 saturated heterocycles. The fraction of sp³-hybridized carbons (Fsp3) is 0.250. The molecule has 2 aromatic rings. The van der Waals surface area contributed by atoms with Crippen molar-refractivity contribution in [3.63, 3.8) is 0 Å². The van der Waals surface area contributed by atoms with Crippen molar-refractivity contribution in [2.75, 3.05) is 37.8 Å². The Bertz CT molecular complexity index is 674. The molecule has 1 amide bonds. The summed E-state index contributed by atoms with van der Waals surface area (Å²) < 4.78 is 26.0. The number of halogens is 2. The Morgan fingerprint density at radius 1 is 1.13 bits per heavy atom. The van der Waals surface area contributed by atoms with Gasteiger partial charge in [-0.2, -0.15) is 0 Å². The molecule has 1 heterocycles. The van der Waals surface area contributed by atoms with E-state index in [1.54, 1.807) is 18.3 Å². The van der Waals surface area contributed by atoms with Crippen LogP contribution in [-0.4, -0.2) is 43.0 Å².